The van der Waals surface area contributed by atoms with Gasteiger partial charge in [-0.3, -0.25) is 9.59 Å². The fourth-order valence-corrected chi connectivity index (χ4v) is 2.30. The van der Waals surface area contributed by atoms with Crippen molar-refractivity contribution in [2.75, 3.05) is 0 Å². The number of rotatable bonds is 8. The highest BCUT2D eigenvalue weighted by Crippen LogP contribution is 2.23. The van der Waals surface area contributed by atoms with Crippen molar-refractivity contribution in [2.45, 2.75) is 20.3 Å². The average molecular weight is 412 g/mol. The van der Waals surface area contributed by atoms with Gasteiger partial charge in [0.05, 0.1) is 11.1 Å². The highest BCUT2D eigenvalue weighted by molar-refractivity contribution is 6.01. The lowest BCUT2D eigenvalue weighted by molar-refractivity contribution is -0.234. The van der Waals surface area contributed by atoms with Gasteiger partial charge in [0.15, 0.2) is 5.41 Å². The van der Waals surface area contributed by atoms with Crippen molar-refractivity contribution in [1.82, 2.24) is 0 Å². The van der Waals surface area contributed by atoms with E-state index in [0.29, 0.717) is 0 Å². The molecule has 1 atom stereocenters. The zero-order chi connectivity index (χ0) is 22.1. The Bertz CT molecular complexity index is 883. The van der Waals surface area contributed by atoms with Crippen LogP contribution in [0.5, 0.6) is 0 Å². The van der Waals surface area contributed by atoms with Crippen molar-refractivity contribution in [3.05, 3.63) is 83.9 Å². The van der Waals surface area contributed by atoms with Crippen LogP contribution in [-0.2, 0) is 23.8 Å². The Kier molecular flexibility index (Phi) is 7.46. The molecule has 8 nitrogen and oxygen atoms in total. The first-order valence-electron chi connectivity index (χ1n) is 8.88. The number of hydrogen-bond acceptors (Lipinski definition) is 7. The number of esters is 3. The van der Waals surface area contributed by atoms with Crippen molar-refractivity contribution in [3.63, 3.8) is 0 Å². The zero-order valence-electron chi connectivity index (χ0n) is 16.3. The maximum Gasteiger partial charge on any atom is 0.413 e. The van der Waals surface area contributed by atoms with Gasteiger partial charge in [-0.2, -0.15) is 0 Å². The summed E-state index contributed by atoms with van der Waals surface area (Å²) >= 11 is 0. The lowest BCUT2D eigenvalue weighted by atomic mass is 9.90. The second kappa shape index (κ2) is 10.0. The molecule has 1 unspecified atom stereocenters. The molecule has 156 valence electrons. The van der Waals surface area contributed by atoms with E-state index in [4.69, 9.17) is 14.2 Å². The van der Waals surface area contributed by atoms with Gasteiger partial charge in [0.25, 0.3) is 0 Å². The summed E-state index contributed by atoms with van der Waals surface area (Å²) in [6.07, 6.45) is 2.46. The number of carboxylic acid groups (broad SMARTS) is 1. The maximum absolute atomic E-state index is 12.5. The molecule has 0 saturated heterocycles. The molecule has 0 heterocycles. The molecular weight excluding hydrogens is 392 g/mol. The number of benzene rings is 2. The van der Waals surface area contributed by atoms with Crippen LogP contribution in [0.1, 0.15) is 34.6 Å². The predicted octanol–water partition coefficient (Wildman–Crippen LogP) is 3.19. The highest BCUT2D eigenvalue weighted by Gasteiger charge is 2.43. The minimum absolute atomic E-state index is 0.115. The maximum atomic E-state index is 12.5. The Hall–Kier alpha value is -3.94. The third kappa shape index (κ3) is 5.54. The van der Waals surface area contributed by atoms with Crippen LogP contribution >= 0.6 is 0 Å². The molecule has 0 aliphatic rings. The first-order chi connectivity index (χ1) is 14.3. The minimum atomic E-state index is -2.10. The van der Waals surface area contributed by atoms with Gasteiger partial charge >= 0.3 is 30.4 Å². The van der Waals surface area contributed by atoms with Gasteiger partial charge in [-0.15, -0.1) is 0 Å². The van der Waals surface area contributed by atoms with E-state index in [1.54, 1.807) is 36.4 Å². The molecular formula is C22H20O8. The predicted molar refractivity (Wildman–Crippen MR) is 104 cm³/mol. The molecule has 0 amide bonds. The molecule has 2 aromatic carbocycles. The summed E-state index contributed by atoms with van der Waals surface area (Å²) in [7, 11) is 0. The van der Waals surface area contributed by atoms with Crippen LogP contribution in [0.15, 0.2) is 72.8 Å². The second-order valence-corrected chi connectivity index (χ2v) is 6.24. The first-order valence-corrected chi connectivity index (χ1v) is 8.88. The van der Waals surface area contributed by atoms with Gasteiger partial charge < -0.3 is 19.3 Å². The highest BCUT2D eigenvalue weighted by atomic mass is 16.9. The number of carbonyl (C=O) groups excluding carboxylic acids is 3. The zero-order valence-corrected chi connectivity index (χ0v) is 16.3. The first kappa shape index (κ1) is 22.4. The molecule has 8 heteroatoms. The van der Waals surface area contributed by atoms with E-state index < -0.39 is 35.8 Å². The Morgan fingerprint density at radius 2 is 1.27 bits per heavy atom. The van der Waals surface area contributed by atoms with E-state index in [9.17, 15) is 24.3 Å². The summed E-state index contributed by atoms with van der Waals surface area (Å²) in [5.74, 6) is -4.64. The van der Waals surface area contributed by atoms with Crippen LogP contribution in [0.2, 0.25) is 0 Å². The number of ether oxygens (including phenoxy) is 3. The summed E-state index contributed by atoms with van der Waals surface area (Å²) in [5, 5.41) is 9.40. The van der Waals surface area contributed by atoms with Gasteiger partial charge in [-0.05, 0) is 38.1 Å². The van der Waals surface area contributed by atoms with Crippen molar-refractivity contribution in [1.29, 1.82) is 0 Å². The Morgan fingerprint density at radius 3 is 1.63 bits per heavy atom. The molecule has 30 heavy (non-hydrogen) atoms. The lowest BCUT2D eigenvalue weighted by Crippen LogP contribution is -2.40. The third-order valence-electron chi connectivity index (χ3n) is 4.00. The third-order valence-corrected chi connectivity index (χ3v) is 4.00. The van der Waals surface area contributed by atoms with Crippen LogP contribution in [0.4, 0.5) is 0 Å². The van der Waals surface area contributed by atoms with Crippen molar-refractivity contribution >= 4 is 23.9 Å². The fraction of sp³-hybridized carbons (Fsp3) is 0.182. The van der Waals surface area contributed by atoms with Crippen molar-refractivity contribution in [3.8, 4) is 0 Å². The SMILES string of the molecule is CC=CC(C)(C(=O)O)C(=O)OC(OC(=O)c1ccccc1)OC(=O)c1ccccc1. The number of hydrogen-bond donors (Lipinski definition) is 1. The largest absolute Gasteiger partial charge is 0.480 e. The molecule has 1 N–H and O–H groups in total. The van der Waals surface area contributed by atoms with E-state index in [0.717, 1.165) is 13.0 Å². The number of carboxylic acids is 1. The normalized spacial score (nSPS) is 12.8. The van der Waals surface area contributed by atoms with Crippen LogP contribution < -0.4 is 0 Å². The summed E-state index contributed by atoms with van der Waals surface area (Å²) in [6.45, 7) is 0.533. The Balaban J connectivity index is 2.25. The molecule has 0 radical (unpaired) electrons. The lowest BCUT2D eigenvalue weighted by Gasteiger charge is -2.23. The molecule has 0 aliphatic carbocycles. The van der Waals surface area contributed by atoms with Crippen LogP contribution in [0.25, 0.3) is 0 Å². The van der Waals surface area contributed by atoms with Crippen molar-refractivity contribution in [2.24, 2.45) is 5.41 Å². The minimum Gasteiger partial charge on any atom is -0.480 e. The quantitative estimate of drug-likeness (QED) is 0.304. The van der Waals surface area contributed by atoms with E-state index >= 15 is 0 Å². The number of aliphatic carboxylic acids is 1. The van der Waals surface area contributed by atoms with E-state index in [1.807, 2.05) is 0 Å². The van der Waals surface area contributed by atoms with Gasteiger partial charge in [-0.1, -0.05) is 48.6 Å². The number of carbonyl (C=O) groups is 4. The molecule has 0 aliphatic heterocycles. The number of allylic oxidation sites excluding steroid dienone is 1. The summed E-state index contributed by atoms with van der Waals surface area (Å²) in [4.78, 5) is 48.7. The van der Waals surface area contributed by atoms with Crippen LogP contribution in [0.3, 0.4) is 0 Å². The molecule has 2 rings (SSSR count). The molecule has 0 fully saturated rings. The van der Waals surface area contributed by atoms with Crippen molar-refractivity contribution < 1.29 is 38.5 Å². The molecule has 0 saturated carbocycles. The Labute approximate surface area is 172 Å². The van der Waals surface area contributed by atoms with E-state index in [1.165, 1.54) is 37.3 Å². The monoisotopic (exact) mass is 412 g/mol. The topological polar surface area (TPSA) is 116 Å². The van der Waals surface area contributed by atoms with Gasteiger partial charge in [-0.25, -0.2) is 9.59 Å². The fourth-order valence-electron chi connectivity index (χ4n) is 2.30. The standard InChI is InChI=1S/C22H20O8/c1-3-14-22(2,19(25)26)20(27)30-21(28-17(23)15-10-6-4-7-11-15)29-18(24)16-12-8-5-9-13-16/h3-14,21H,1-2H3,(H,25,26). The average Bonchev–Trinajstić information content (AvgIpc) is 2.74. The Morgan fingerprint density at radius 1 is 0.833 bits per heavy atom. The van der Waals surface area contributed by atoms with Crippen LogP contribution in [0, 0.1) is 5.41 Å². The van der Waals surface area contributed by atoms with E-state index in [-0.39, 0.29) is 11.1 Å². The summed E-state index contributed by atoms with van der Waals surface area (Å²) in [6, 6.07) is 15.5. The smallest absolute Gasteiger partial charge is 0.413 e. The molecule has 2 aromatic rings. The van der Waals surface area contributed by atoms with Gasteiger partial charge in [0.1, 0.15) is 0 Å². The summed E-state index contributed by atoms with van der Waals surface area (Å²) < 4.78 is 15.0. The van der Waals surface area contributed by atoms with Gasteiger partial charge in [0.2, 0.25) is 0 Å². The molecule has 0 aromatic heterocycles. The second-order valence-electron chi connectivity index (χ2n) is 6.24. The van der Waals surface area contributed by atoms with Crippen LogP contribution in [-0.4, -0.2) is 35.5 Å². The van der Waals surface area contributed by atoms with E-state index in [2.05, 4.69) is 0 Å². The van der Waals surface area contributed by atoms with Gasteiger partial charge in [0, 0.05) is 0 Å². The summed E-state index contributed by atoms with van der Waals surface area (Å²) in [5.41, 5.74) is -1.85. The molecule has 0 bridgehead atoms. The molecule has 0 spiro atoms.